The summed E-state index contributed by atoms with van der Waals surface area (Å²) in [6.07, 6.45) is 24.3. The molecule has 0 heterocycles. The molecule has 0 amide bonds. The molecular weight excluding hydrogens is 452 g/mol. The molecule has 0 N–H and O–H groups in total. The highest BCUT2D eigenvalue weighted by Crippen LogP contribution is 2.18. The Morgan fingerprint density at radius 2 is 1.32 bits per heavy atom. The van der Waals surface area contributed by atoms with Gasteiger partial charge in [-0.1, -0.05) is 118 Å². The molecule has 2 aromatic carbocycles. The number of carbonyl (C=O) groups excluding carboxylic acids is 2. The lowest BCUT2D eigenvalue weighted by atomic mass is 9.96. The Kier molecular flexibility index (Phi) is 12.1. The summed E-state index contributed by atoms with van der Waals surface area (Å²) in [7, 11) is 0. The van der Waals surface area contributed by atoms with E-state index in [2.05, 4.69) is 37.3 Å². The summed E-state index contributed by atoms with van der Waals surface area (Å²) in [5, 5.41) is 0. The van der Waals surface area contributed by atoms with Gasteiger partial charge in [0.1, 0.15) is 0 Å². The Morgan fingerprint density at radius 1 is 0.757 bits per heavy atom. The zero-order valence-corrected chi connectivity index (χ0v) is 22.7. The van der Waals surface area contributed by atoms with Crippen molar-refractivity contribution in [3.8, 4) is 0 Å². The second kappa shape index (κ2) is 15.8. The third-order valence-electron chi connectivity index (χ3n) is 6.90. The summed E-state index contributed by atoms with van der Waals surface area (Å²) in [4.78, 5) is 25.2. The molecule has 0 saturated carbocycles. The maximum Gasteiger partial charge on any atom is 0.192 e. The monoisotopic (exact) mass is 494 g/mol. The molecule has 0 radical (unpaired) electrons. The summed E-state index contributed by atoms with van der Waals surface area (Å²) < 4.78 is 0. The Labute approximate surface area is 223 Å². The molecule has 0 bridgehead atoms. The van der Waals surface area contributed by atoms with Gasteiger partial charge in [-0.05, 0) is 63.0 Å². The number of rotatable bonds is 15. The minimum absolute atomic E-state index is 0.102. The number of Topliss-reactive ketones (excluding diaryl/α,β-unsaturated/α-hetero) is 2. The molecule has 0 saturated heterocycles. The van der Waals surface area contributed by atoms with Crippen LogP contribution in [0.1, 0.15) is 103 Å². The lowest BCUT2D eigenvalue weighted by molar-refractivity contribution is 0.103. The largest absolute Gasteiger partial charge is 0.289 e. The number of hydrogen-bond acceptors (Lipinski definition) is 2. The van der Waals surface area contributed by atoms with Crippen LogP contribution in [0.4, 0.5) is 0 Å². The maximum absolute atomic E-state index is 12.7. The molecule has 3 rings (SSSR count). The predicted molar refractivity (Wildman–Crippen MR) is 156 cm³/mol. The van der Waals surface area contributed by atoms with Crippen LogP contribution in [0.15, 0.2) is 96.1 Å². The van der Waals surface area contributed by atoms with Crippen molar-refractivity contribution in [1.82, 2.24) is 0 Å². The zero-order valence-electron chi connectivity index (χ0n) is 22.7. The molecule has 2 heteroatoms. The van der Waals surface area contributed by atoms with Crippen molar-refractivity contribution in [2.45, 2.75) is 84.5 Å². The highest BCUT2D eigenvalue weighted by molar-refractivity contribution is 6.11. The maximum atomic E-state index is 12.7. The summed E-state index contributed by atoms with van der Waals surface area (Å²) >= 11 is 0. The fraction of sp³-hybridized carbons (Fsp3) is 0.371. The highest BCUT2D eigenvalue weighted by atomic mass is 16.1. The van der Waals surface area contributed by atoms with Gasteiger partial charge in [0.05, 0.1) is 0 Å². The number of unbranched alkanes of at least 4 members (excludes halogenated alkanes) is 5. The summed E-state index contributed by atoms with van der Waals surface area (Å²) in [6, 6.07) is 16.3. The topological polar surface area (TPSA) is 34.1 Å². The van der Waals surface area contributed by atoms with Gasteiger partial charge in [0, 0.05) is 22.3 Å². The molecule has 0 aromatic heterocycles. The molecule has 0 atom stereocenters. The van der Waals surface area contributed by atoms with Crippen LogP contribution in [0.3, 0.4) is 0 Å². The molecule has 194 valence electrons. The smallest absolute Gasteiger partial charge is 0.192 e. The minimum atomic E-state index is 0.102. The SMILES string of the molecule is C/C=C\C(=C/CC)C(=O)c1ccc(CCCCCCCCc2ccc(C(=O)C3=CCCC=C3)cc2)cc1. The fourth-order valence-electron chi connectivity index (χ4n) is 4.76. The number of allylic oxidation sites excluding steroid dienone is 8. The third kappa shape index (κ3) is 9.28. The molecule has 0 unspecified atom stereocenters. The van der Waals surface area contributed by atoms with Crippen LogP contribution in [0.2, 0.25) is 0 Å². The van der Waals surface area contributed by atoms with Crippen molar-refractivity contribution in [2.75, 3.05) is 0 Å². The van der Waals surface area contributed by atoms with Gasteiger partial charge in [0.25, 0.3) is 0 Å². The summed E-state index contributed by atoms with van der Waals surface area (Å²) in [5.41, 5.74) is 5.77. The first-order chi connectivity index (χ1) is 18.1. The molecule has 1 aliphatic rings. The summed E-state index contributed by atoms with van der Waals surface area (Å²) in [5.74, 6) is 0.236. The molecule has 0 spiro atoms. The van der Waals surface area contributed by atoms with Gasteiger partial charge in [-0.2, -0.15) is 0 Å². The Morgan fingerprint density at radius 3 is 1.84 bits per heavy atom. The number of carbonyl (C=O) groups is 2. The molecule has 0 fully saturated rings. The highest BCUT2D eigenvalue weighted by Gasteiger charge is 2.11. The van der Waals surface area contributed by atoms with Gasteiger partial charge in [-0.25, -0.2) is 0 Å². The van der Waals surface area contributed by atoms with E-state index in [9.17, 15) is 9.59 Å². The van der Waals surface area contributed by atoms with E-state index in [-0.39, 0.29) is 11.6 Å². The van der Waals surface area contributed by atoms with Crippen molar-refractivity contribution in [2.24, 2.45) is 0 Å². The van der Waals surface area contributed by atoms with Gasteiger partial charge in [0.15, 0.2) is 11.6 Å². The molecule has 1 aliphatic carbocycles. The predicted octanol–water partition coefficient (Wildman–Crippen LogP) is 9.37. The van der Waals surface area contributed by atoms with Crippen molar-refractivity contribution in [3.63, 3.8) is 0 Å². The van der Waals surface area contributed by atoms with Crippen LogP contribution in [0.5, 0.6) is 0 Å². The standard InChI is InChI=1S/C35H42O2/c1-3-14-30(15-4-2)34(36)32-24-20-28(21-25-32)16-10-7-5-6-8-11-17-29-22-26-33(27-23-29)35(37)31-18-12-9-13-19-31/h3,12,14-15,18-27H,4-11,13,16-17H2,1-2H3/b14-3-,30-15+. The van der Waals surface area contributed by atoms with Crippen LogP contribution < -0.4 is 0 Å². The Bertz CT molecular complexity index is 1120. The van der Waals surface area contributed by atoms with Crippen molar-refractivity contribution in [3.05, 3.63) is 118 Å². The first kappa shape index (κ1) is 28.3. The zero-order chi connectivity index (χ0) is 26.3. The van der Waals surface area contributed by atoms with Crippen molar-refractivity contribution >= 4 is 11.6 Å². The van der Waals surface area contributed by atoms with Crippen LogP contribution in [-0.2, 0) is 12.8 Å². The number of ketones is 2. The fourth-order valence-corrected chi connectivity index (χ4v) is 4.76. The van der Waals surface area contributed by atoms with Gasteiger partial charge >= 0.3 is 0 Å². The Hall–Kier alpha value is -3.26. The van der Waals surface area contributed by atoms with Crippen LogP contribution in [0.25, 0.3) is 0 Å². The molecule has 2 nitrogen and oxygen atoms in total. The van der Waals surface area contributed by atoms with E-state index in [1.165, 1.54) is 49.7 Å². The van der Waals surface area contributed by atoms with Crippen LogP contribution >= 0.6 is 0 Å². The van der Waals surface area contributed by atoms with E-state index in [1.54, 1.807) is 0 Å². The normalized spacial score (nSPS) is 13.7. The van der Waals surface area contributed by atoms with Gasteiger partial charge in [0.2, 0.25) is 0 Å². The average molecular weight is 495 g/mol. The first-order valence-corrected chi connectivity index (χ1v) is 14.1. The number of benzene rings is 2. The van der Waals surface area contributed by atoms with Gasteiger partial charge in [-0.15, -0.1) is 0 Å². The molecule has 37 heavy (non-hydrogen) atoms. The molecular formula is C35H42O2. The minimum Gasteiger partial charge on any atom is -0.289 e. The Balaban J connectivity index is 1.29. The van der Waals surface area contributed by atoms with E-state index < -0.39 is 0 Å². The number of aryl methyl sites for hydroxylation is 2. The second-order valence-electron chi connectivity index (χ2n) is 9.88. The second-order valence-corrected chi connectivity index (χ2v) is 9.88. The molecule has 0 aliphatic heterocycles. The first-order valence-electron chi connectivity index (χ1n) is 14.1. The van der Waals surface area contributed by atoms with E-state index in [4.69, 9.17) is 0 Å². The van der Waals surface area contributed by atoms with Crippen molar-refractivity contribution in [1.29, 1.82) is 0 Å². The lowest BCUT2D eigenvalue weighted by Gasteiger charge is -2.07. The van der Waals surface area contributed by atoms with Crippen LogP contribution in [0, 0.1) is 0 Å². The van der Waals surface area contributed by atoms with Gasteiger partial charge in [-0.3, -0.25) is 9.59 Å². The lowest BCUT2D eigenvalue weighted by Crippen LogP contribution is -2.03. The van der Waals surface area contributed by atoms with Gasteiger partial charge < -0.3 is 0 Å². The van der Waals surface area contributed by atoms with E-state index >= 15 is 0 Å². The van der Waals surface area contributed by atoms with E-state index in [0.717, 1.165) is 54.4 Å². The van der Waals surface area contributed by atoms with Crippen LogP contribution in [-0.4, -0.2) is 11.6 Å². The molecule has 2 aromatic rings. The van der Waals surface area contributed by atoms with Crippen molar-refractivity contribution < 1.29 is 9.59 Å². The summed E-state index contributed by atoms with van der Waals surface area (Å²) in [6.45, 7) is 3.99. The quantitative estimate of drug-likeness (QED) is 0.107. The average Bonchev–Trinajstić information content (AvgIpc) is 2.94. The third-order valence-corrected chi connectivity index (χ3v) is 6.90. The van der Waals surface area contributed by atoms with E-state index in [0.29, 0.717) is 0 Å². The number of hydrogen-bond donors (Lipinski definition) is 0. The van der Waals surface area contributed by atoms with E-state index in [1.807, 2.05) is 61.6 Å².